The second kappa shape index (κ2) is 8.94. The van der Waals surface area contributed by atoms with Gasteiger partial charge in [-0.05, 0) is 47.9 Å². The van der Waals surface area contributed by atoms with Crippen LogP contribution in [0.5, 0.6) is 5.75 Å². The molecule has 0 unspecified atom stereocenters. The summed E-state index contributed by atoms with van der Waals surface area (Å²) in [6.07, 6.45) is -3.08. The molecular weight excluding hydrogens is 462 g/mol. The molecule has 1 nitrogen and oxygen atoms in total. The van der Waals surface area contributed by atoms with Crippen LogP contribution in [-0.4, -0.2) is 0 Å². The van der Waals surface area contributed by atoms with E-state index in [2.05, 4.69) is 4.74 Å². The van der Waals surface area contributed by atoms with Crippen LogP contribution in [0.3, 0.4) is 0 Å². The second-order valence-corrected chi connectivity index (χ2v) is 8.38. The van der Waals surface area contributed by atoms with Crippen LogP contribution in [-0.2, 0) is 12.5 Å². The van der Waals surface area contributed by atoms with Gasteiger partial charge in [-0.1, -0.05) is 31.2 Å². The average Bonchev–Trinajstić information content (AvgIpc) is 3.27. The third-order valence-electron chi connectivity index (χ3n) is 5.00. The van der Waals surface area contributed by atoms with Gasteiger partial charge in [0.05, 0.1) is 5.56 Å². The van der Waals surface area contributed by atoms with E-state index in [-0.39, 0.29) is 5.56 Å². The van der Waals surface area contributed by atoms with E-state index in [0.717, 1.165) is 29.0 Å². The molecule has 0 fully saturated rings. The molecule has 4 rings (SSSR count). The number of benzene rings is 3. The van der Waals surface area contributed by atoms with Crippen LogP contribution in [0.15, 0.2) is 66.7 Å². The Kier molecular flexibility index (Phi) is 6.21. The van der Waals surface area contributed by atoms with Crippen LogP contribution in [0.2, 0.25) is 0 Å². The molecule has 0 aliphatic heterocycles. The molecule has 8 heteroatoms. The predicted octanol–water partition coefficient (Wildman–Crippen LogP) is 8.33. The Bertz CT molecular complexity index is 1270. The largest absolute Gasteiger partial charge is 0.429 e. The van der Waals surface area contributed by atoms with Crippen LogP contribution >= 0.6 is 11.3 Å². The van der Waals surface area contributed by atoms with Crippen molar-refractivity contribution in [1.29, 1.82) is 0 Å². The van der Waals surface area contributed by atoms with E-state index in [1.807, 2.05) is 19.1 Å². The van der Waals surface area contributed by atoms with Crippen molar-refractivity contribution in [3.63, 3.8) is 0 Å². The van der Waals surface area contributed by atoms with Crippen LogP contribution in [0.25, 0.3) is 21.6 Å². The van der Waals surface area contributed by atoms with Crippen molar-refractivity contribution in [2.75, 3.05) is 0 Å². The molecule has 0 amide bonds. The topological polar surface area (TPSA) is 9.23 Å². The fraction of sp³-hybridized carbons (Fsp3) is 0.120. The molecule has 0 saturated heterocycles. The summed E-state index contributed by atoms with van der Waals surface area (Å²) in [7, 11) is 0. The molecule has 3 aromatic carbocycles. The minimum absolute atomic E-state index is 0.226. The summed E-state index contributed by atoms with van der Waals surface area (Å²) in [5, 5.41) is 0. The van der Waals surface area contributed by atoms with Gasteiger partial charge in [-0.15, -0.1) is 11.3 Å². The zero-order chi connectivity index (χ0) is 23.8. The maximum absolute atomic E-state index is 14.8. The summed E-state index contributed by atoms with van der Waals surface area (Å²) in [6, 6.07) is 13.9. The maximum atomic E-state index is 14.8. The molecule has 4 aromatic rings. The molecular formula is C25H16F6OS. The van der Waals surface area contributed by atoms with E-state index in [0.29, 0.717) is 17.7 Å². The predicted molar refractivity (Wildman–Crippen MR) is 115 cm³/mol. The first-order valence-corrected chi connectivity index (χ1v) is 10.7. The quantitative estimate of drug-likeness (QED) is 0.200. The number of hydrogen-bond donors (Lipinski definition) is 0. The highest BCUT2D eigenvalue weighted by Gasteiger charge is 2.35. The molecule has 0 saturated carbocycles. The molecule has 0 aliphatic rings. The molecule has 0 spiro atoms. The Labute approximate surface area is 189 Å². The zero-order valence-corrected chi connectivity index (χ0v) is 18.0. The van der Waals surface area contributed by atoms with Crippen LogP contribution in [0, 0.1) is 23.3 Å². The van der Waals surface area contributed by atoms with Gasteiger partial charge in [-0.25, -0.2) is 17.6 Å². The lowest BCUT2D eigenvalue weighted by Crippen LogP contribution is -2.22. The van der Waals surface area contributed by atoms with Gasteiger partial charge in [0.25, 0.3) is 0 Å². The van der Waals surface area contributed by atoms with Crippen molar-refractivity contribution in [1.82, 2.24) is 0 Å². The lowest BCUT2D eigenvalue weighted by molar-refractivity contribution is -0.185. The van der Waals surface area contributed by atoms with Gasteiger partial charge >= 0.3 is 6.11 Å². The highest BCUT2D eigenvalue weighted by atomic mass is 32.1. The van der Waals surface area contributed by atoms with Gasteiger partial charge < -0.3 is 4.74 Å². The number of alkyl halides is 2. The smallest absolute Gasteiger partial charge is 0.426 e. The van der Waals surface area contributed by atoms with Crippen molar-refractivity contribution < 1.29 is 31.1 Å². The monoisotopic (exact) mass is 478 g/mol. The summed E-state index contributed by atoms with van der Waals surface area (Å²) >= 11 is 1.57. The third kappa shape index (κ3) is 4.75. The molecule has 170 valence electrons. The van der Waals surface area contributed by atoms with Gasteiger partial charge in [0.1, 0.15) is 11.6 Å². The number of ether oxygens (including phenoxy) is 1. The standard InChI is InChI=1S/C25H16F6OS/c1-2-18-8-10-23(33-18)15-5-9-19(20(26)11-15)14-3-6-16(7-4-14)25(30,31)32-17-12-21(27)24(29)22(28)13-17/h3-13H,2H2,1H3. The zero-order valence-electron chi connectivity index (χ0n) is 17.1. The highest BCUT2D eigenvalue weighted by Crippen LogP contribution is 2.36. The number of hydrogen-bond acceptors (Lipinski definition) is 2. The Balaban J connectivity index is 1.56. The molecule has 33 heavy (non-hydrogen) atoms. The van der Waals surface area contributed by atoms with Gasteiger partial charge in [0.15, 0.2) is 17.5 Å². The number of thiophene rings is 1. The summed E-state index contributed by atoms with van der Waals surface area (Å²) in [6.45, 7) is 2.04. The normalized spacial score (nSPS) is 11.6. The SMILES string of the molecule is CCc1ccc(-c2ccc(-c3ccc(C(F)(F)Oc4cc(F)c(F)c(F)c4)cc3)c(F)c2)s1. The van der Waals surface area contributed by atoms with Crippen molar-refractivity contribution in [3.8, 4) is 27.3 Å². The highest BCUT2D eigenvalue weighted by molar-refractivity contribution is 7.15. The van der Waals surface area contributed by atoms with Gasteiger partial charge in [-0.3, -0.25) is 0 Å². The Hall–Kier alpha value is -3.26. The van der Waals surface area contributed by atoms with Crippen molar-refractivity contribution in [2.45, 2.75) is 19.5 Å². The number of halogens is 6. The summed E-state index contributed by atoms with van der Waals surface area (Å²) < 4.78 is 87.7. The Morgan fingerprint density at radius 2 is 1.39 bits per heavy atom. The van der Waals surface area contributed by atoms with Gasteiger partial charge in [-0.2, -0.15) is 8.78 Å². The average molecular weight is 478 g/mol. The summed E-state index contributed by atoms with van der Waals surface area (Å²) in [4.78, 5) is 2.11. The van der Waals surface area contributed by atoms with Crippen molar-refractivity contribution in [3.05, 3.63) is 100 Å². The molecule has 0 N–H and O–H groups in total. The second-order valence-electron chi connectivity index (χ2n) is 7.21. The van der Waals surface area contributed by atoms with E-state index in [9.17, 15) is 26.3 Å². The van der Waals surface area contributed by atoms with E-state index < -0.39 is 40.7 Å². The Morgan fingerprint density at radius 1 is 0.758 bits per heavy atom. The fourth-order valence-electron chi connectivity index (χ4n) is 3.27. The summed E-state index contributed by atoms with van der Waals surface area (Å²) in [5.41, 5.74) is 0.678. The lowest BCUT2D eigenvalue weighted by atomic mass is 10.0. The van der Waals surface area contributed by atoms with Crippen molar-refractivity contribution >= 4 is 11.3 Å². The summed E-state index contributed by atoms with van der Waals surface area (Å²) in [5.74, 6) is -6.46. The van der Waals surface area contributed by atoms with Gasteiger partial charge in [0.2, 0.25) is 0 Å². The minimum atomic E-state index is -3.96. The van der Waals surface area contributed by atoms with E-state index in [1.165, 1.54) is 23.1 Å². The van der Waals surface area contributed by atoms with Gasteiger partial charge in [0, 0.05) is 27.5 Å². The van der Waals surface area contributed by atoms with Crippen LogP contribution in [0.4, 0.5) is 26.3 Å². The van der Waals surface area contributed by atoms with E-state index >= 15 is 0 Å². The minimum Gasteiger partial charge on any atom is -0.429 e. The first-order valence-electron chi connectivity index (χ1n) is 9.89. The first kappa shape index (κ1) is 22.9. The van der Waals surface area contributed by atoms with Crippen LogP contribution < -0.4 is 4.74 Å². The molecule has 1 heterocycles. The van der Waals surface area contributed by atoms with E-state index in [4.69, 9.17) is 0 Å². The fourth-order valence-corrected chi connectivity index (χ4v) is 4.21. The molecule has 0 radical (unpaired) electrons. The maximum Gasteiger partial charge on any atom is 0.426 e. The van der Waals surface area contributed by atoms with Crippen molar-refractivity contribution in [2.24, 2.45) is 0 Å². The number of aryl methyl sites for hydroxylation is 1. The first-order chi connectivity index (χ1) is 15.7. The van der Waals surface area contributed by atoms with E-state index in [1.54, 1.807) is 23.5 Å². The molecule has 1 aromatic heterocycles. The Morgan fingerprint density at radius 3 is 1.97 bits per heavy atom. The molecule has 0 atom stereocenters. The molecule has 0 aliphatic carbocycles. The molecule has 0 bridgehead atoms. The number of rotatable bonds is 6. The lowest BCUT2D eigenvalue weighted by Gasteiger charge is -2.19. The van der Waals surface area contributed by atoms with Crippen LogP contribution in [0.1, 0.15) is 17.4 Å². The third-order valence-corrected chi connectivity index (χ3v) is 6.28.